The fourth-order valence-electron chi connectivity index (χ4n) is 5.45. The Labute approximate surface area is 147 Å². The molecule has 2 aliphatic heterocycles. The number of hydrogen-bond donors (Lipinski definition) is 1. The molecule has 4 aliphatic rings. The van der Waals surface area contributed by atoms with Gasteiger partial charge in [-0.25, -0.2) is 4.79 Å². The van der Waals surface area contributed by atoms with E-state index in [4.69, 9.17) is 4.74 Å². The molecular weight excluding hydrogens is 316 g/mol. The van der Waals surface area contributed by atoms with Crippen LogP contribution in [0, 0.1) is 11.3 Å². The zero-order valence-electron chi connectivity index (χ0n) is 14.4. The molecule has 2 amide bonds. The third-order valence-electron chi connectivity index (χ3n) is 6.81. The van der Waals surface area contributed by atoms with Gasteiger partial charge in [0.2, 0.25) is 5.91 Å². The van der Waals surface area contributed by atoms with E-state index in [-0.39, 0.29) is 23.5 Å². The highest BCUT2D eigenvalue weighted by Gasteiger charge is 2.56. The minimum Gasteiger partial charge on any atom is -0.447 e. The number of benzene rings is 1. The number of amides is 2. The minimum atomic E-state index is -0.341. The average molecular weight is 340 g/mol. The Bertz CT molecular complexity index is 705. The molecule has 1 aromatic rings. The number of carbonyl (C=O) groups excluding carboxylic acids is 2. The van der Waals surface area contributed by atoms with E-state index in [9.17, 15) is 9.59 Å². The molecule has 0 aromatic heterocycles. The molecule has 2 saturated heterocycles. The first kappa shape index (κ1) is 15.2. The lowest BCUT2D eigenvalue weighted by Gasteiger charge is -2.52. The molecule has 0 bridgehead atoms. The minimum absolute atomic E-state index is 0.0608. The molecular formula is C20H24N2O3. The molecule has 25 heavy (non-hydrogen) atoms. The number of nitrogens with one attached hydrogen (secondary N) is 1. The Hall–Kier alpha value is -2.04. The van der Waals surface area contributed by atoms with Crippen LogP contribution in [0.5, 0.6) is 0 Å². The second-order valence-corrected chi connectivity index (χ2v) is 8.63. The number of likely N-dealkylation sites (tertiary alicyclic amines) is 1. The van der Waals surface area contributed by atoms with Gasteiger partial charge >= 0.3 is 6.09 Å². The van der Waals surface area contributed by atoms with Crippen molar-refractivity contribution < 1.29 is 14.3 Å². The molecule has 2 saturated carbocycles. The van der Waals surface area contributed by atoms with Gasteiger partial charge in [-0.3, -0.25) is 4.79 Å². The van der Waals surface area contributed by atoms with E-state index in [0.29, 0.717) is 17.9 Å². The van der Waals surface area contributed by atoms with Gasteiger partial charge < -0.3 is 15.0 Å². The van der Waals surface area contributed by atoms with Crippen molar-refractivity contribution in [3.8, 4) is 0 Å². The summed E-state index contributed by atoms with van der Waals surface area (Å²) < 4.78 is 4.99. The summed E-state index contributed by atoms with van der Waals surface area (Å²) in [5, 5.41) is 2.87. The molecule has 2 aliphatic carbocycles. The molecule has 2 spiro atoms. The Morgan fingerprint density at radius 1 is 1.16 bits per heavy atom. The highest BCUT2D eigenvalue weighted by molar-refractivity contribution is 5.82. The summed E-state index contributed by atoms with van der Waals surface area (Å²) in [6.45, 7) is 2.25. The first-order valence-corrected chi connectivity index (χ1v) is 9.35. The van der Waals surface area contributed by atoms with Crippen LogP contribution in [0.4, 0.5) is 4.79 Å². The predicted octanol–water partition coefficient (Wildman–Crippen LogP) is 2.67. The molecule has 2 heterocycles. The zero-order chi connectivity index (χ0) is 17.1. The second kappa shape index (κ2) is 5.23. The van der Waals surface area contributed by atoms with E-state index in [2.05, 4.69) is 35.6 Å². The molecule has 1 N–H and O–H groups in total. The summed E-state index contributed by atoms with van der Waals surface area (Å²) >= 11 is 0. The first-order chi connectivity index (χ1) is 12.1. The Morgan fingerprint density at radius 2 is 1.92 bits per heavy atom. The van der Waals surface area contributed by atoms with Crippen LogP contribution < -0.4 is 5.32 Å². The maximum Gasteiger partial charge on any atom is 0.407 e. The topological polar surface area (TPSA) is 58.6 Å². The Morgan fingerprint density at radius 3 is 2.60 bits per heavy atom. The smallest absolute Gasteiger partial charge is 0.407 e. The van der Waals surface area contributed by atoms with Crippen LogP contribution in [0.15, 0.2) is 30.3 Å². The molecule has 1 aromatic carbocycles. The molecule has 5 heteroatoms. The van der Waals surface area contributed by atoms with Crippen molar-refractivity contribution in [1.29, 1.82) is 0 Å². The van der Waals surface area contributed by atoms with Crippen molar-refractivity contribution >= 4 is 12.0 Å². The molecule has 0 radical (unpaired) electrons. The maximum absolute atomic E-state index is 12.7. The number of ether oxygens (including phenoxy) is 1. The number of rotatable bonds is 2. The standard InChI is InChI=1S/C20H24N2O3/c23-17(16-9-20(10-16)13-25-18(24)21-20)22-11-19(12-22)7-6-15(8-19)14-4-2-1-3-5-14/h1-5,15-16H,6-13H2,(H,21,24). The normalized spacial score (nSPS) is 35.2. The van der Waals surface area contributed by atoms with Crippen LogP contribution >= 0.6 is 0 Å². The molecule has 132 valence electrons. The van der Waals surface area contributed by atoms with Crippen molar-refractivity contribution in [3.05, 3.63) is 35.9 Å². The zero-order valence-corrected chi connectivity index (χ0v) is 14.4. The van der Waals surface area contributed by atoms with Crippen LogP contribution in [0.2, 0.25) is 0 Å². The van der Waals surface area contributed by atoms with E-state index in [1.807, 2.05) is 4.90 Å². The highest BCUT2D eigenvalue weighted by atomic mass is 16.6. The van der Waals surface area contributed by atoms with Crippen LogP contribution in [0.3, 0.4) is 0 Å². The van der Waals surface area contributed by atoms with Gasteiger partial charge in [0.25, 0.3) is 0 Å². The van der Waals surface area contributed by atoms with E-state index in [0.717, 1.165) is 25.9 Å². The Kier molecular flexibility index (Phi) is 3.19. The first-order valence-electron chi connectivity index (χ1n) is 9.35. The number of carbonyl (C=O) groups is 2. The van der Waals surface area contributed by atoms with Crippen molar-refractivity contribution in [2.75, 3.05) is 19.7 Å². The van der Waals surface area contributed by atoms with Gasteiger partial charge in [0.15, 0.2) is 0 Å². The second-order valence-electron chi connectivity index (χ2n) is 8.63. The van der Waals surface area contributed by atoms with Crippen molar-refractivity contribution in [3.63, 3.8) is 0 Å². The van der Waals surface area contributed by atoms with E-state index in [1.165, 1.54) is 24.8 Å². The van der Waals surface area contributed by atoms with E-state index >= 15 is 0 Å². The molecule has 5 rings (SSSR count). The van der Waals surface area contributed by atoms with Crippen molar-refractivity contribution in [2.45, 2.75) is 43.6 Å². The maximum atomic E-state index is 12.7. The van der Waals surface area contributed by atoms with Crippen molar-refractivity contribution in [2.24, 2.45) is 11.3 Å². The quantitative estimate of drug-likeness (QED) is 0.900. The van der Waals surface area contributed by atoms with Gasteiger partial charge in [0.1, 0.15) is 6.61 Å². The van der Waals surface area contributed by atoms with Gasteiger partial charge in [0.05, 0.1) is 5.54 Å². The van der Waals surface area contributed by atoms with Crippen LogP contribution in [0.1, 0.15) is 43.6 Å². The lowest BCUT2D eigenvalue weighted by molar-refractivity contribution is -0.153. The average Bonchev–Trinajstić information content (AvgIpc) is 3.17. The summed E-state index contributed by atoms with van der Waals surface area (Å²) in [6.07, 6.45) is 4.80. The van der Waals surface area contributed by atoms with Crippen molar-refractivity contribution in [1.82, 2.24) is 10.2 Å². The van der Waals surface area contributed by atoms with Gasteiger partial charge in [-0.1, -0.05) is 30.3 Å². The Balaban J connectivity index is 1.15. The van der Waals surface area contributed by atoms with Gasteiger partial charge in [-0.2, -0.15) is 0 Å². The lowest BCUT2D eigenvalue weighted by Crippen LogP contribution is -2.63. The third-order valence-corrected chi connectivity index (χ3v) is 6.81. The summed E-state index contributed by atoms with van der Waals surface area (Å²) in [4.78, 5) is 26.0. The van der Waals surface area contributed by atoms with Crippen LogP contribution in [-0.4, -0.2) is 42.1 Å². The SMILES string of the molecule is O=C1NC2(CO1)CC(C(=O)N1CC3(CCC(c4ccccc4)C3)C1)C2. The van der Waals surface area contributed by atoms with E-state index in [1.54, 1.807) is 0 Å². The number of alkyl carbamates (subject to hydrolysis) is 1. The molecule has 5 nitrogen and oxygen atoms in total. The van der Waals surface area contributed by atoms with Crippen LogP contribution in [-0.2, 0) is 9.53 Å². The monoisotopic (exact) mass is 340 g/mol. The summed E-state index contributed by atoms with van der Waals surface area (Å²) in [5.41, 5.74) is 1.54. The highest BCUT2D eigenvalue weighted by Crippen LogP contribution is 2.53. The fraction of sp³-hybridized carbons (Fsp3) is 0.600. The number of cyclic esters (lactones) is 1. The fourth-order valence-corrected chi connectivity index (χ4v) is 5.45. The number of nitrogens with zero attached hydrogens (tertiary/aromatic N) is 1. The van der Waals surface area contributed by atoms with Gasteiger partial charge in [-0.05, 0) is 43.6 Å². The van der Waals surface area contributed by atoms with E-state index < -0.39 is 0 Å². The summed E-state index contributed by atoms with van der Waals surface area (Å²) in [5.74, 6) is 0.988. The summed E-state index contributed by atoms with van der Waals surface area (Å²) in [6, 6.07) is 10.8. The largest absolute Gasteiger partial charge is 0.447 e. The van der Waals surface area contributed by atoms with Gasteiger partial charge in [-0.15, -0.1) is 0 Å². The lowest BCUT2D eigenvalue weighted by atomic mass is 9.67. The predicted molar refractivity (Wildman–Crippen MR) is 92.0 cm³/mol. The van der Waals surface area contributed by atoms with Crippen LogP contribution in [0.25, 0.3) is 0 Å². The molecule has 1 atom stereocenters. The molecule has 1 unspecified atom stereocenters. The number of hydrogen-bond acceptors (Lipinski definition) is 3. The van der Waals surface area contributed by atoms with Gasteiger partial charge in [0, 0.05) is 24.4 Å². The summed E-state index contributed by atoms with van der Waals surface area (Å²) in [7, 11) is 0. The molecule has 4 fully saturated rings. The third kappa shape index (κ3) is 2.43.